The van der Waals surface area contributed by atoms with Crippen molar-refractivity contribution in [3.05, 3.63) is 24.3 Å². The molecule has 3 N–H and O–H groups in total. The van der Waals surface area contributed by atoms with Gasteiger partial charge in [0.2, 0.25) is 0 Å². The lowest BCUT2D eigenvalue weighted by molar-refractivity contribution is 0.700. The zero-order valence-corrected chi connectivity index (χ0v) is 8.56. The van der Waals surface area contributed by atoms with E-state index in [1.165, 1.54) is 12.8 Å². The Morgan fingerprint density at radius 1 is 1.40 bits per heavy atom. The van der Waals surface area contributed by atoms with Gasteiger partial charge in [-0.3, -0.25) is 9.98 Å². The fourth-order valence-corrected chi connectivity index (χ4v) is 1.81. The molecule has 0 amide bonds. The van der Waals surface area contributed by atoms with Gasteiger partial charge in [0.25, 0.3) is 0 Å². The largest absolute Gasteiger partial charge is 0.307 e. The number of amidine groups is 1. The molecule has 1 aromatic heterocycles. The molecule has 15 heavy (non-hydrogen) atoms. The molecule has 0 spiro atoms. The molecule has 0 atom stereocenters. The highest BCUT2D eigenvalue weighted by Gasteiger charge is 2.15. The van der Waals surface area contributed by atoms with Crippen molar-refractivity contribution < 1.29 is 0 Å². The normalized spacial score (nSPS) is 18.1. The predicted octanol–water partition coefficient (Wildman–Crippen LogP) is 0.629. The van der Waals surface area contributed by atoms with Gasteiger partial charge in [0.1, 0.15) is 5.69 Å². The third kappa shape index (κ3) is 2.50. The third-order valence-electron chi connectivity index (χ3n) is 2.58. The number of nitrogens with zero attached hydrogens (tertiary/aromatic N) is 3. The van der Waals surface area contributed by atoms with E-state index in [1.54, 1.807) is 18.6 Å². The molecular weight excluding hydrogens is 190 g/mol. The molecule has 1 heterocycles. The molecule has 0 unspecified atom stereocenters. The van der Waals surface area contributed by atoms with E-state index in [0.717, 1.165) is 12.8 Å². The van der Waals surface area contributed by atoms with Crippen LogP contribution in [0.25, 0.3) is 0 Å². The Bertz CT molecular complexity index is 329. The van der Waals surface area contributed by atoms with E-state index in [4.69, 9.17) is 5.84 Å². The van der Waals surface area contributed by atoms with Gasteiger partial charge in [-0.25, -0.2) is 10.8 Å². The fraction of sp³-hybridized carbons (Fsp3) is 0.500. The first-order valence-corrected chi connectivity index (χ1v) is 5.21. The van der Waals surface area contributed by atoms with Crippen molar-refractivity contribution >= 4 is 5.84 Å². The first-order chi connectivity index (χ1) is 7.40. The van der Waals surface area contributed by atoms with E-state index < -0.39 is 0 Å². The molecule has 1 aromatic rings. The average molecular weight is 205 g/mol. The van der Waals surface area contributed by atoms with E-state index in [2.05, 4.69) is 20.4 Å². The first kappa shape index (κ1) is 10.0. The number of nitrogens with two attached hydrogens (primary N) is 1. The third-order valence-corrected chi connectivity index (χ3v) is 2.58. The number of nitrogens with one attached hydrogen (secondary N) is 1. The Morgan fingerprint density at radius 3 is 2.80 bits per heavy atom. The summed E-state index contributed by atoms with van der Waals surface area (Å²) in [6, 6.07) is 0.387. The number of aliphatic imine (C=N–C) groups is 1. The van der Waals surface area contributed by atoms with Crippen LogP contribution in [0.1, 0.15) is 31.4 Å². The second-order valence-corrected chi connectivity index (χ2v) is 3.65. The van der Waals surface area contributed by atoms with Crippen LogP contribution in [-0.2, 0) is 0 Å². The smallest absolute Gasteiger partial charge is 0.163 e. The Morgan fingerprint density at radius 2 is 2.20 bits per heavy atom. The molecule has 1 fully saturated rings. The lowest BCUT2D eigenvalue weighted by atomic mass is 10.2. The van der Waals surface area contributed by atoms with Crippen molar-refractivity contribution in [2.45, 2.75) is 31.7 Å². The van der Waals surface area contributed by atoms with E-state index in [1.807, 2.05) is 0 Å². The van der Waals surface area contributed by atoms with Crippen LogP contribution in [-0.4, -0.2) is 21.8 Å². The first-order valence-electron chi connectivity index (χ1n) is 5.21. The van der Waals surface area contributed by atoms with Crippen LogP contribution in [0.5, 0.6) is 0 Å². The zero-order valence-electron chi connectivity index (χ0n) is 8.56. The topological polar surface area (TPSA) is 76.2 Å². The lowest BCUT2D eigenvalue weighted by Gasteiger charge is -2.07. The predicted molar refractivity (Wildman–Crippen MR) is 58.1 cm³/mol. The minimum Gasteiger partial charge on any atom is -0.307 e. The van der Waals surface area contributed by atoms with Crippen molar-refractivity contribution in [1.82, 2.24) is 15.4 Å². The second kappa shape index (κ2) is 4.84. The molecule has 1 saturated carbocycles. The molecule has 2 rings (SSSR count). The van der Waals surface area contributed by atoms with Crippen LogP contribution in [0.3, 0.4) is 0 Å². The van der Waals surface area contributed by atoms with Crippen molar-refractivity contribution in [1.29, 1.82) is 0 Å². The van der Waals surface area contributed by atoms with Crippen molar-refractivity contribution in [3.63, 3.8) is 0 Å². The molecule has 5 nitrogen and oxygen atoms in total. The summed E-state index contributed by atoms with van der Waals surface area (Å²) in [4.78, 5) is 12.7. The number of hydrogen-bond donors (Lipinski definition) is 2. The number of hydrogen-bond acceptors (Lipinski definition) is 4. The van der Waals surface area contributed by atoms with Gasteiger partial charge in [0.05, 0.1) is 12.2 Å². The molecule has 0 bridgehead atoms. The number of aromatic nitrogens is 2. The monoisotopic (exact) mass is 205 g/mol. The molecule has 1 aliphatic rings. The average Bonchev–Trinajstić information content (AvgIpc) is 2.80. The summed E-state index contributed by atoms with van der Waals surface area (Å²) in [7, 11) is 0. The van der Waals surface area contributed by atoms with Gasteiger partial charge >= 0.3 is 0 Å². The van der Waals surface area contributed by atoms with Crippen LogP contribution in [0, 0.1) is 0 Å². The van der Waals surface area contributed by atoms with Gasteiger partial charge in [-0.15, -0.1) is 0 Å². The van der Waals surface area contributed by atoms with Crippen LogP contribution < -0.4 is 11.3 Å². The van der Waals surface area contributed by atoms with Crippen LogP contribution in [0.15, 0.2) is 23.6 Å². The Hall–Kier alpha value is -1.49. The van der Waals surface area contributed by atoms with Gasteiger partial charge in [-0.2, -0.15) is 0 Å². The minimum absolute atomic E-state index is 0.387. The van der Waals surface area contributed by atoms with Crippen molar-refractivity contribution in [2.24, 2.45) is 10.8 Å². The summed E-state index contributed by atoms with van der Waals surface area (Å²) >= 11 is 0. The second-order valence-electron chi connectivity index (χ2n) is 3.65. The van der Waals surface area contributed by atoms with E-state index in [0.29, 0.717) is 17.6 Å². The Balaban J connectivity index is 2.16. The Labute approximate surface area is 88.8 Å². The van der Waals surface area contributed by atoms with Crippen LogP contribution in [0.4, 0.5) is 0 Å². The SMILES string of the molecule is NNC(=NC1CCCC1)c1cnccn1. The van der Waals surface area contributed by atoms with E-state index in [-0.39, 0.29) is 0 Å². The molecule has 0 saturated heterocycles. The molecule has 0 radical (unpaired) electrons. The molecule has 80 valence electrons. The summed E-state index contributed by atoms with van der Waals surface area (Å²) < 4.78 is 0. The maximum Gasteiger partial charge on any atom is 0.163 e. The summed E-state index contributed by atoms with van der Waals surface area (Å²) in [5.74, 6) is 6.07. The molecular formula is C10H15N5. The molecule has 5 heteroatoms. The summed E-state index contributed by atoms with van der Waals surface area (Å²) in [5, 5.41) is 0. The zero-order chi connectivity index (χ0) is 10.5. The molecule has 0 aromatic carbocycles. The quantitative estimate of drug-likeness (QED) is 0.321. The highest BCUT2D eigenvalue weighted by Crippen LogP contribution is 2.21. The summed E-state index contributed by atoms with van der Waals surface area (Å²) in [5.41, 5.74) is 3.29. The summed E-state index contributed by atoms with van der Waals surface area (Å²) in [6.07, 6.45) is 9.73. The maximum absolute atomic E-state index is 5.43. The maximum atomic E-state index is 5.43. The number of hydrazine groups is 1. The molecule has 0 aliphatic heterocycles. The van der Waals surface area contributed by atoms with Crippen LogP contribution >= 0.6 is 0 Å². The van der Waals surface area contributed by atoms with Gasteiger partial charge in [-0.1, -0.05) is 12.8 Å². The minimum atomic E-state index is 0.387. The lowest BCUT2D eigenvalue weighted by Crippen LogP contribution is -2.33. The number of rotatable bonds is 2. The highest BCUT2D eigenvalue weighted by atomic mass is 15.3. The highest BCUT2D eigenvalue weighted by molar-refractivity contribution is 5.96. The Kier molecular flexibility index (Phi) is 3.24. The fourth-order valence-electron chi connectivity index (χ4n) is 1.81. The van der Waals surface area contributed by atoms with E-state index in [9.17, 15) is 0 Å². The van der Waals surface area contributed by atoms with Crippen molar-refractivity contribution in [3.8, 4) is 0 Å². The van der Waals surface area contributed by atoms with Gasteiger partial charge < -0.3 is 5.43 Å². The molecule has 1 aliphatic carbocycles. The van der Waals surface area contributed by atoms with Gasteiger partial charge in [-0.05, 0) is 12.8 Å². The van der Waals surface area contributed by atoms with Crippen LogP contribution in [0.2, 0.25) is 0 Å². The summed E-state index contributed by atoms with van der Waals surface area (Å²) in [6.45, 7) is 0. The van der Waals surface area contributed by atoms with E-state index >= 15 is 0 Å². The van der Waals surface area contributed by atoms with Crippen molar-refractivity contribution in [2.75, 3.05) is 0 Å². The standard InChI is InChI=1S/C10H15N5/c11-15-10(9-7-12-5-6-13-9)14-8-3-1-2-4-8/h5-8H,1-4,11H2,(H,14,15). The van der Waals surface area contributed by atoms with Gasteiger partial charge in [0.15, 0.2) is 5.84 Å². The van der Waals surface area contributed by atoms with Gasteiger partial charge in [0, 0.05) is 12.4 Å².